The highest BCUT2D eigenvalue weighted by Gasteiger charge is 2.31. The fourth-order valence-electron chi connectivity index (χ4n) is 2.54. The molecule has 2 heterocycles. The topological polar surface area (TPSA) is 82.5 Å². The van der Waals surface area contributed by atoms with Crippen LogP contribution >= 0.6 is 0 Å². The van der Waals surface area contributed by atoms with Crippen LogP contribution < -0.4 is 0 Å². The van der Waals surface area contributed by atoms with Gasteiger partial charge in [0.2, 0.25) is 17.6 Å². The van der Waals surface area contributed by atoms with E-state index >= 15 is 0 Å². The van der Waals surface area contributed by atoms with Gasteiger partial charge in [-0.15, -0.1) is 20.4 Å². The second kappa shape index (κ2) is 6.87. The number of alkyl halides is 3. The molecule has 4 aromatic rings. The summed E-state index contributed by atoms with van der Waals surface area (Å²) >= 11 is 0. The Morgan fingerprint density at radius 3 is 2.43 bits per heavy atom. The predicted octanol–water partition coefficient (Wildman–Crippen LogP) is 4.02. The van der Waals surface area contributed by atoms with Gasteiger partial charge >= 0.3 is 6.18 Å². The summed E-state index contributed by atoms with van der Waals surface area (Å²) in [7, 11) is 0. The largest absolute Gasteiger partial charge is 0.418 e. The molecule has 0 spiro atoms. The van der Waals surface area contributed by atoms with Gasteiger partial charge < -0.3 is 4.42 Å². The maximum atomic E-state index is 12.9. The van der Waals surface area contributed by atoms with Crippen LogP contribution in [0.15, 0.2) is 59.0 Å². The average molecular weight is 386 g/mol. The van der Waals surface area contributed by atoms with Gasteiger partial charge in [-0.2, -0.15) is 18.0 Å². The van der Waals surface area contributed by atoms with E-state index in [2.05, 4.69) is 25.6 Å². The zero-order valence-electron chi connectivity index (χ0n) is 14.5. The van der Waals surface area contributed by atoms with Crippen LogP contribution in [0.2, 0.25) is 0 Å². The number of hydrogen-bond acceptors (Lipinski definition) is 6. The monoisotopic (exact) mass is 386 g/mol. The second-order valence-corrected chi connectivity index (χ2v) is 6.00. The minimum atomic E-state index is -4.45. The van der Waals surface area contributed by atoms with Crippen LogP contribution in [0.4, 0.5) is 13.2 Å². The van der Waals surface area contributed by atoms with E-state index in [1.807, 2.05) is 30.3 Å². The number of benzene rings is 2. The van der Waals surface area contributed by atoms with Crippen LogP contribution in [0.3, 0.4) is 0 Å². The van der Waals surface area contributed by atoms with Gasteiger partial charge in [-0.1, -0.05) is 30.3 Å². The SMILES string of the molecule is CC(c1nnc(-c2ccccc2)o1)n1nnc(-c2cccc(C(F)(F)F)c2)n1. The quantitative estimate of drug-likeness (QED) is 0.527. The van der Waals surface area contributed by atoms with Crippen molar-refractivity contribution >= 4 is 0 Å². The van der Waals surface area contributed by atoms with E-state index < -0.39 is 17.8 Å². The smallest absolute Gasteiger partial charge is 0.416 e. The molecule has 142 valence electrons. The molecule has 0 aliphatic heterocycles. The first-order chi connectivity index (χ1) is 13.4. The molecule has 0 N–H and O–H groups in total. The zero-order chi connectivity index (χ0) is 19.7. The minimum Gasteiger partial charge on any atom is -0.418 e. The molecule has 0 amide bonds. The Morgan fingerprint density at radius 1 is 0.929 bits per heavy atom. The van der Waals surface area contributed by atoms with Crippen molar-refractivity contribution < 1.29 is 17.6 Å². The molecule has 0 aliphatic rings. The summed E-state index contributed by atoms with van der Waals surface area (Å²) in [4.78, 5) is 1.22. The first-order valence-corrected chi connectivity index (χ1v) is 8.28. The summed E-state index contributed by atoms with van der Waals surface area (Å²) in [5.74, 6) is 0.674. The van der Waals surface area contributed by atoms with E-state index in [4.69, 9.17) is 4.42 Å². The van der Waals surface area contributed by atoms with Crippen LogP contribution in [0.1, 0.15) is 24.4 Å². The van der Waals surface area contributed by atoms with Crippen molar-refractivity contribution in [2.24, 2.45) is 0 Å². The van der Waals surface area contributed by atoms with Gasteiger partial charge in [-0.25, -0.2) is 0 Å². The van der Waals surface area contributed by atoms with Crippen LogP contribution in [-0.4, -0.2) is 30.4 Å². The van der Waals surface area contributed by atoms with Crippen molar-refractivity contribution in [2.45, 2.75) is 19.1 Å². The summed E-state index contributed by atoms with van der Waals surface area (Å²) in [6.45, 7) is 1.72. The van der Waals surface area contributed by atoms with Crippen molar-refractivity contribution in [3.8, 4) is 22.8 Å². The lowest BCUT2D eigenvalue weighted by Crippen LogP contribution is -2.11. The molecule has 7 nitrogen and oxygen atoms in total. The maximum absolute atomic E-state index is 12.9. The third-order valence-electron chi connectivity index (χ3n) is 4.04. The molecule has 2 aromatic heterocycles. The summed E-state index contributed by atoms with van der Waals surface area (Å²) in [6.07, 6.45) is -4.45. The van der Waals surface area contributed by atoms with Crippen molar-refractivity contribution in [1.82, 2.24) is 30.4 Å². The fraction of sp³-hybridized carbons (Fsp3) is 0.167. The van der Waals surface area contributed by atoms with Crippen molar-refractivity contribution in [3.05, 3.63) is 66.1 Å². The Morgan fingerprint density at radius 2 is 1.68 bits per heavy atom. The highest BCUT2D eigenvalue weighted by molar-refractivity contribution is 5.55. The minimum absolute atomic E-state index is 0.0701. The normalized spacial score (nSPS) is 12.9. The Hall–Kier alpha value is -3.56. The molecule has 28 heavy (non-hydrogen) atoms. The molecule has 2 aromatic carbocycles. The number of nitrogens with zero attached hydrogens (tertiary/aromatic N) is 6. The van der Waals surface area contributed by atoms with Crippen LogP contribution in [-0.2, 0) is 6.18 Å². The van der Waals surface area contributed by atoms with Gasteiger partial charge in [-0.3, -0.25) is 0 Å². The summed E-state index contributed by atoms with van der Waals surface area (Å²) < 4.78 is 44.3. The van der Waals surface area contributed by atoms with E-state index in [0.717, 1.165) is 17.7 Å². The molecule has 0 aliphatic carbocycles. The van der Waals surface area contributed by atoms with Crippen molar-refractivity contribution in [3.63, 3.8) is 0 Å². The van der Waals surface area contributed by atoms with E-state index in [1.165, 1.54) is 16.9 Å². The molecule has 1 unspecified atom stereocenters. The van der Waals surface area contributed by atoms with E-state index in [9.17, 15) is 13.2 Å². The molecule has 10 heteroatoms. The van der Waals surface area contributed by atoms with Crippen LogP contribution in [0.25, 0.3) is 22.8 Å². The van der Waals surface area contributed by atoms with Crippen molar-refractivity contribution in [2.75, 3.05) is 0 Å². The maximum Gasteiger partial charge on any atom is 0.416 e. The Kier molecular flexibility index (Phi) is 4.38. The van der Waals surface area contributed by atoms with Gasteiger partial charge in [0.05, 0.1) is 5.56 Å². The fourth-order valence-corrected chi connectivity index (χ4v) is 2.54. The van der Waals surface area contributed by atoms with Gasteiger partial charge in [-0.05, 0) is 36.4 Å². The summed E-state index contributed by atoms with van der Waals surface area (Å²) in [5, 5.41) is 19.9. The Labute approximate surface area is 156 Å². The third kappa shape index (κ3) is 3.48. The Bertz CT molecular complexity index is 1090. The molecule has 0 radical (unpaired) electrons. The average Bonchev–Trinajstić information content (AvgIpc) is 3.38. The summed E-state index contributed by atoms with van der Waals surface area (Å²) in [6, 6.07) is 13.4. The summed E-state index contributed by atoms with van der Waals surface area (Å²) in [5.41, 5.74) is 0.201. The van der Waals surface area contributed by atoms with Crippen LogP contribution in [0, 0.1) is 0 Å². The molecule has 0 saturated carbocycles. The standard InChI is InChI=1S/C18H13F3N6O/c1-11(16-23-24-17(28-16)12-6-3-2-4-7-12)27-25-15(22-26-27)13-8-5-9-14(10-13)18(19,20)21/h2-11H,1H3. The van der Waals surface area contributed by atoms with Gasteiger partial charge in [0, 0.05) is 11.1 Å². The predicted molar refractivity (Wildman–Crippen MR) is 91.8 cm³/mol. The number of tetrazole rings is 1. The van der Waals surface area contributed by atoms with E-state index in [-0.39, 0.29) is 17.3 Å². The first-order valence-electron chi connectivity index (χ1n) is 8.28. The van der Waals surface area contributed by atoms with Crippen LogP contribution in [0.5, 0.6) is 0 Å². The molecular formula is C18H13F3N6O. The zero-order valence-corrected chi connectivity index (χ0v) is 14.5. The first kappa shape index (κ1) is 17.8. The molecule has 1 atom stereocenters. The highest BCUT2D eigenvalue weighted by Crippen LogP contribution is 2.31. The second-order valence-electron chi connectivity index (χ2n) is 6.00. The third-order valence-corrected chi connectivity index (χ3v) is 4.04. The van der Waals surface area contributed by atoms with Gasteiger partial charge in [0.1, 0.15) is 6.04 Å². The molecule has 0 saturated heterocycles. The number of hydrogen-bond donors (Lipinski definition) is 0. The Balaban J connectivity index is 1.59. The van der Waals surface area contributed by atoms with E-state index in [1.54, 1.807) is 6.92 Å². The molecular weight excluding hydrogens is 373 g/mol. The molecule has 0 fully saturated rings. The van der Waals surface area contributed by atoms with Gasteiger partial charge in [0.15, 0.2) is 0 Å². The van der Waals surface area contributed by atoms with Crippen molar-refractivity contribution in [1.29, 1.82) is 0 Å². The number of halogens is 3. The highest BCUT2D eigenvalue weighted by atomic mass is 19.4. The number of rotatable bonds is 4. The lowest BCUT2D eigenvalue weighted by atomic mass is 10.1. The lowest BCUT2D eigenvalue weighted by molar-refractivity contribution is -0.137. The van der Waals surface area contributed by atoms with E-state index in [0.29, 0.717) is 5.89 Å². The molecule has 0 bridgehead atoms. The molecule has 4 rings (SSSR count). The van der Waals surface area contributed by atoms with Gasteiger partial charge in [0.25, 0.3) is 0 Å². The lowest BCUT2D eigenvalue weighted by Gasteiger charge is -2.07. The number of aromatic nitrogens is 6.